The minimum absolute atomic E-state index is 0.342. The van der Waals surface area contributed by atoms with Crippen molar-refractivity contribution in [1.82, 2.24) is 15.2 Å². The van der Waals surface area contributed by atoms with E-state index in [0.29, 0.717) is 6.54 Å². The van der Waals surface area contributed by atoms with Gasteiger partial charge in [0.15, 0.2) is 0 Å². The van der Waals surface area contributed by atoms with Crippen molar-refractivity contribution in [2.45, 2.75) is 45.6 Å². The lowest BCUT2D eigenvalue weighted by Crippen LogP contribution is -2.34. The smallest absolute Gasteiger partial charge is 0.407 e. The lowest BCUT2D eigenvalue weighted by atomic mass is 10.2. The van der Waals surface area contributed by atoms with Gasteiger partial charge in [-0.25, -0.2) is 4.79 Å². The van der Waals surface area contributed by atoms with Crippen LogP contribution in [-0.2, 0) is 11.2 Å². The maximum Gasteiger partial charge on any atom is 0.407 e. The van der Waals surface area contributed by atoms with Gasteiger partial charge in [0.05, 0.1) is 0 Å². The minimum Gasteiger partial charge on any atom is -0.444 e. The lowest BCUT2D eigenvalue weighted by Gasteiger charge is -2.20. The Morgan fingerprint density at radius 2 is 2.00 bits per heavy atom. The van der Waals surface area contributed by atoms with E-state index in [1.165, 1.54) is 0 Å². The SMILES string of the molecule is CN(CCCNC(=O)OC(C)(C)C)CCCc1ccccn1. The predicted molar refractivity (Wildman–Crippen MR) is 88.9 cm³/mol. The van der Waals surface area contributed by atoms with Crippen molar-refractivity contribution < 1.29 is 9.53 Å². The molecule has 0 saturated carbocycles. The molecule has 0 aromatic carbocycles. The Balaban J connectivity index is 2.04. The fourth-order valence-corrected chi connectivity index (χ4v) is 2.04. The zero-order valence-electron chi connectivity index (χ0n) is 14.3. The van der Waals surface area contributed by atoms with Crippen LogP contribution in [0.1, 0.15) is 39.3 Å². The van der Waals surface area contributed by atoms with Gasteiger partial charge in [-0.15, -0.1) is 0 Å². The van der Waals surface area contributed by atoms with Crippen molar-refractivity contribution in [3.63, 3.8) is 0 Å². The summed E-state index contributed by atoms with van der Waals surface area (Å²) in [7, 11) is 2.10. The van der Waals surface area contributed by atoms with Gasteiger partial charge in [-0.1, -0.05) is 6.07 Å². The van der Waals surface area contributed by atoms with Gasteiger partial charge < -0.3 is 15.0 Å². The second-order valence-corrected chi connectivity index (χ2v) is 6.51. The number of pyridine rings is 1. The molecule has 0 aliphatic carbocycles. The van der Waals surface area contributed by atoms with Crippen molar-refractivity contribution in [3.05, 3.63) is 30.1 Å². The molecule has 0 radical (unpaired) electrons. The number of carbonyl (C=O) groups excluding carboxylic acids is 1. The predicted octanol–water partition coefficient (Wildman–Crippen LogP) is 2.86. The average Bonchev–Trinajstić information content (AvgIpc) is 2.43. The third kappa shape index (κ3) is 9.34. The first-order chi connectivity index (χ1) is 10.4. The standard InChI is InChI=1S/C17H29N3O2/c1-17(2,3)22-16(21)19-12-8-14-20(4)13-7-10-15-9-5-6-11-18-15/h5-6,9,11H,7-8,10,12-14H2,1-4H3,(H,19,21). The van der Waals surface area contributed by atoms with E-state index < -0.39 is 5.60 Å². The quantitative estimate of drug-likeness (QED) is 0.750. The van der Waals surface area contributed by atoms with Gasteiger partial charge in [0, 0.05) is 18.4 Å². The molecule has 1 heterocycles. The molecule has 1 N–H and O–H groups in total. The number of hydrogen-bond donors (Lipinski definition) is 1. The molecule has 0 spiro atoms. The fraction of sp³-hybridized carbons (Fsp3) is 0.647. The number of hydrogen-bond acceptors (Lipinski definition) is 4. The van der Waals surface area contributed by atoms with Crippen LogP contribution in [0.15, 0.2) is 24.4 Å². The Hall–Kier alpha value is -1.62. The second kappa shape index (κ2) is 9.41. The topological polar surface area (TPSA) is 54.5 Å². The number of alkyl carbamates (subject to hydrolysis) is 1. The number of amides is 1. The summed E-state index contributed by atoms with van der Waals surface area (Å²) in [6, 6.07) is 6.02. The average molecular weight is 307 g/mol. The van der Waals surface area contributed by atoms with Crippen molar-refractivity contribution in [2.24, 2.45) is 0 Å². The Bertz CT molecular complexity index is 429. The molecule has 1 amide bonds. The fourth-order valence-electron chi connectivity index (χ4n) is 2.04. The van der Waals surface area contributed by atoms with Crippen LogP contribution in [0.3, 0.4) is 0 Å². The molecule has 0 aliphatic rings. The van der Waals surface area contributed by atoms with E-state index in [-0.39, 0.29) is 6.09 Å². The number of nitrogens with zero attached hydrogens (tertiary/aromatic N) is 2. The van der Waals surface area contributed by atoms with E-state index in [0.717, 1.165) is 38.0 Å². The van der Waals surface area contributed by atoms with Gasteiger partial charge >= 0.3 is 6.09 Å². The van der Waals surface area contributed by atoms with E-state index in [4.69, 9.17) is 4.74 Å². The normalized spacial score (nSPS) is 11.5. The maximum absolute atomic E-state index is 11.5. The molecule has 1 rings (SSSR count). The molecule has 1 aromatic rings. The summed E-state index contributed by atoms with van der Waals surface area (Å²) < 4.78 is 5.19. The van der Waals surface area contributed by atoms with Gasteiger partial charge in [-0.3, -0.25) is 4.98 Å². The van der Waals surface area contributed by atoms with Crippen LogP contribution in [0.25, 0.3) is 0 Å². The van der Waals surface area contributed by atoms with Crippen molar-refractivity contribution in [1.29, 1.82) is 0 Å². The first-order valence-corrected chi connectivity index (χ1v) is 7.92. The molecule has 5 heteroatoms. The number of ether oxygens (including phenoxy) is 1. The zero-order chi connectivity index (χ0) is 16.4. The Morgan fingerprint density at radius 1 is 1.27 bits per heavy atom. The highest BCUT2D eigenvalue weighted by Crippen LogP contribution is 2.06. The number of aromatic nitrogens is 1. The summed E-state index contributed by atoms with van der Waals surface area (Å²) in [5, 5.41) is 2.78. The van der Waals surface area contributed by atoms with E-state index in [9.17, 15) is 4.79 Å². The van der Waals surface area contributed by atoms with Crippen LogP contribution in [0.4, 0.5) is 4.79 Å². The molecule has 1 aromatic heterocycles. The molecule has 124 valence electrons. The lowest BCUT2D eigenvalue weighted by molar-refractivity contribution is 0.0526. The van der Waals surface area contributed by atoms with E-state index in [2.05, 4.69) is 28.3 Å². The van der Waals surface area contributed by atoms with Crippen LogP contribution in [0.5, 0.6) is 0 Å². The molecule has 0 unspecified atom stereocenters. The maximum atomic E-state index is 11.5. The number of rotatable bonds is 8. The third-order valence-electron chi connectivity index (χ3n) is 3.08. The summed E-state index contributed by atoms with van der Waals surface area (Å²) in [5.74, 6) is 0. The van der Waals surface area contributed by atoms with Crippen LogP contribution >= 0.6 is 0 Å². The molecule has 0 fully saturated rings. The number of nitrogens with one attached hydrogen (secondary N) is 1. The monoisotopic (exact) mass is 307 g/mol. The van der Waals surface area contributed by atoms with Crippen molar-refractivity contribution in [2.75, 3.05) is 26.7 Å². The van der Waals surface area contributed by atoms with Crippen molar-refractivity contribution in [3.8, 4) is 0 Å². The summed E-state index contributed by atoms with van der Waals surface area (Å²) in [5.41, 5.74) is 0.703. The Morgan fingerprint density at radius 3 is 2.64 bits per heavy atom. The van der Waals surface area contributed by atoms with Crippen LogP contribution in [-0.4, -0.2) is 48.3 Å². The first kappa shape index (κ1) is 18.4. The van der Waals surface area contributed by atoms with Crippen molar-refractivity contribution >= 4 is 6.09 Å². The highest BCUT2D eigenvalue weighted by atomic mass is 16.6. The van der Waals surface area contributed by atoms with Gasteiger partial charge in [-0.05, 0) is 72.3 Å². The summed E-state index contributed by atoms with van der Waals surface area (Å²) in [6.07, 6.45) is 4.50. The van der Waals surface area contributed by atoms with Crippen LogP contribution in [0, 0.1) is 0 Å². The van der Waals surface area contributed by atoms with Gasteiger partial charge in [0.1, 0.15) is 5.60 Å². The van der Waals surface area contributed by atoms with Gasteiger partial charge in [0.2, 0.25) is 0 Å². The number of aryl methyl sites for hydroxylation is 1. The van der Waals surface area contributed by atoms with E-state index in [1.54, 1.807) is 0 Å². The van der Waals surface area contributed by atoms with E-state index >= 15 is 0 Å². The Labute approximate surface area is 134 Å². The molecule has 0 aliphatic heterocycles. The second-order valence-electron chi connectivity index (χ2n) is 6.51. The zero-order valence-corrected chi connectivity index (χ0v) is 14.3. The largest absolute Gasteiger partial charge is 0.444 e. The molecule has 0 saturated heterocycles. The summed E-state index contributed by atoms with van der Waals surface area (Å²) in [6.45, 7) is 8.21. The molecule has 22 heavy (non-hydrogen) atoms. The number of carbonyl (C=O) groups is 1. The molecule has 5 nitrogen and oxygen atoms in total. The van der Waals surface area contributed by atoms with E-state index in [1.807, 2.05) is 39.1 Å². The molecule has 0 atom stereocenters. The van der Waals surface area contributed by atoms with Gasteiger partial charge in [0.25, 0.3) is 0 Å². The summed E-state index contributed by atoms with van der Waals surface area (Å²) >= 11 is 0. The molecular formula is C17H29N3O2. The molecular weight excluding hydrogens is 278 g/mol. The summed E-state index contributed by atoms with van der Waals surface area (Å²) in [4.78, 5) is 18.1. The Kier molecular flexibility index (Phi) is 7.88. The van der Waals surface area contributed by atoms with Gasteiger partial charge in [-0.2, -0.15) is 0 Å². The third-order valence-corrected chi connectivity index (χ3v) is 3.08. The minimum atomic E-state index is -0.438. The highest BCUT2D eigenvalue weighted by Gasteiger charge is 2.15. The first-order valence-electron chi connectivity index (χ1n) is 7.92. The van der Waals surface area contributed by atoms with Crippen LogP contribution < -0.4 is 5.32 Å². The molecule has 0 bridgehead atoms. The highest BCUT2D eigenvalue weighted by molar-refractivity contribution is 5.67. The van der Waals surface area contributed by atoms with Crippen LogP contribution in [0.2, 0.25) is 0 Å².